The highest BCUT2D eigenvalue weighted by molar-refractivity contribution is 4.95. The predicted octanol–water partition coefficient (Wildman–Crippen LogP) is 3.28. The van der Waals surface area contributed by atoms with Crippen molar-refractivity contribution in [3.05, 3.63) is 0 Å². The zero-order valence-corrected chi connectivity index (χ0v) is 12.6. The highest BCUT2D eigenvalue weighted by Gasteiger charge is 2.36. The van der Waals surface area contributed by atoms with Gasteiger partial charge < -0.3 is 10.2 Å². The molecule has 0 saturated heterocycles. The van der Waals surface area contributed by atoms with E-state index in [1.165, 1.54) is 38.5 Å². The van der Waals surface area contributed by atoms with Crippen LogP contribution < -0.4 is 5.32 Å². The summed E-state index contributed by atoms with van der Waals surface area (Å²) in [5.41, 5.74) is 0.403. The molecule has 2 heteroatoms. The van der Waals surface area contributed by atoms with E-state index in [0.29, 0.717) is 11.6 Å². The van der Waals surface area contributed by atoms with E-state index in [1.807, 2.05) is 0 Å². The third kappa shape index (κ3) is 3.96. The zero-order valence-electron chi connectivity index (χ0n) is 12.6. The van der Waals surface area contributed by atoms with E-state index < -0.39 is 0 Å². The van der Waals surface area contributed by atoms with Gasteiger partial charge >= 0.3 is 0 Å². The van der Waals surface area contributed by atoms with Crippen LogP contribution >= 0.6 is 0 Å². The van der Waals surface area contributed by atoms with Gasteiger partial charge in [0, 0.05) is 18.1 Å². The van der Waals surface area contributed by atoms with Gasteiger partial charge in [0.25, 0.3) is 0 Å². The Kier molecular flexibility index (Phi) is 5.94. The number of nitrogens with zero attached hydrogens (tertiary/aromatic N) is 1. The van der Waals surface area contributed by atoms with E-state index in [4.69, 9.17) is 0 Å². The minimum Gasteiger partial charge on any atom is -0.312 e. The lowest BCUT2D eigenvalue weighted by Gasteiger charge is -2.46. The van der Waals surface area contributed by atoms with Gasteiger partial charge in [-0.15, -0.1) is 0 Å². The molecular weight excluding hydrogens is 208 g/mol. The molecule has 102 valence electrons. The van der Waals surface area contributed by atoms with E-state index in [0.717, 1.165) is 12.5 Å². The van der Waals surface area contributed by atoms with Gasteiger partial charge in [0.05, 0.1) is 0 Å². The molecule has 0 aromatic heterocycles. The van der Waals surface area contributed by atoms with Gasteiger partial charge in [0.1, 0.15) is 0 Å². The fourth-order valence-corrected chi connectivity index (χ4v) is 3.27. The molecule has 1 aliphatic rings. The van der Waals surface area contributed by atoms with Crippen molar-refractivity contribution in [3.63, 3.8) is 0 Å². The lowest BCUT2D eigenvalue weighted by Crippen LogP contribution is -2.55. The molecule has 1 fully saturated rings. The van der Waals surface area contributed by atoms with Crippen LogP contribution in [0.1, 0.15) is 59.3 Å². The number of rotatable bonds is 6. The zero-order chi connectivity index (χ0) is 12.9. The summed E-state index contributed by atoms with van der Waals surface area (Å²) in [6.45, 7) is 8.14. The van der Waals surface area contributed by atoms with Gasteiger partial charge in [0.2, 0.25) is 0 Å². The molecule has 2 unspecified atom stereocenters. The average Bonchev–Trinajstić information content (AvgIpc) is 2.30. The smallest absolute Gasteiger partial charge is 0.0330 e. The number of nitrogens with one attached hydrogen (secondary N) is 1. The van der Waals surface area contributed by atoms with Gasteiger partial charge in [-0.1, -0.05) is 33.6 Å². The van der Waals surface area contributed by atoms with Crippen LogP contribution in [0.3, 0.4) is 0 Å². The summed E-state index contributed by atoms with van der Waals surface area (Å²) in [5, 5.41) is 3.79. The molecule has 1 saturated carbocycles. The standard InChI is InChI=1S/C15H32N2/c1-6-14(7-2)16-12-15(17(4)5)10-8-9-13(3)11-15/h13-14,16H,6-12H2,1-5H3. The van der Waals surface area contributed by atoms with Gasteiger partial charge in [-0.2, -0.15) is 0 Å². The molecule has 1 aliphatic carbocycles. The molecule has 1 rings (SSSR count). The Labute approximate surface area is 108 Å². The Morgan fingerprint density at radius 3 is 2.41 bits per heavy atom. The van der Waals surface area contributed by atoms with E-state index in [2.05, 4.69) is 45.1 Å². The molecule has 0 heterocycles. The molecule has 17 heavy (non-hydrogen) atoms. The first-order valence-electron chi connectivity index (χ1n) is 7.45. The Morgan fingerprint density at radius 2 is 1.94 bits per heavy atom. The fraction of sp³-hybridized carbons (Fsp3) is 1.00. The summed E-state index contributed by atoms with van der Waals surface area (Å²) in [6.07, 6.45) is 8.01. The van der Waals surface area contributed by atoms with Gasteiger partial charge in [0.15, 0.2) is 0 Å². The quantitative estimate of drug-likeness (QED) is 0.766. The minimum absolute atomic E-state index is 0.403. The van der Waals surface area contributed by atoms with E-state index in [-0.39, 0.29) is 0 Å². The van der Waals surface area contributed by atoms with Crippen LogP contribution in [0.5, 0.6) is 0 Å². The number of hydrogen-bond acceptors (Lipinski definition) is 2. The Hall–Kier alpha value is -0.0800. The molecule has 0 aliphatic heterocycles. The Morgan fingerprint density at radius 1 is 1.29 bits per heavy atom. The van der Waals surface area contributed by atoms with E-state index >= 15 is 0 Å². The molecule has 2 atom stereocenters. The third-order valence-corrected chi connectivity index (χ3v) is 4.72. The lowest BCUT2D eigenvalue weighted by molar-refractivity contribution is 0.0719. The van der Waals surface area contributed by atoms with Crippen molar-refractivity contribution in [1.29, 1.82) is 0 Å². The minimum atomic E-state index is 0.403. The summed E-state index contributed by atoms with van der Waals surface area (Å²) < 4.78 is 0. The number of likely N-dealkylation sites (N-methyl/N-ethyl adjacent to an activating group) is 1. The lowest BCUT2D eigenvalue weighted by atomic mass is 9.75. The second kappa shape index (κ2) is 6.75. The van der Waals surface area contributed by atoms with Gasteiger partial charge in [-0.05, 0) is 45.7 Å². The van der Waals surface area contributed by atoms with Crippen molar-refractivity contribution in [2.75, 3.05) is 20.6 Å². The van der Waals surface area contributed by atoms with Crippen molar-refractivity contribution in [1.82, 2.24) is 10.2 Å². The maximum Gasteiger partial charge on any atom is 0.0330 e. The summed E-state index contributed by atoms with van der Waals surface area (Å²) in [7, 11) is 4.51. The first kappa shape index (κ1) is 15.0. The van der Waals surface area contributed by atoms with Crippen LogP contribution in [-0.2, 0) is 0 Å². The molecule has 0 spiro atoms. The van der Waals surface area contributed by atoms with Crippen molar-refractivity contribution >= 4 is 0 Å². The predicted molar refractivity (Wildman–Crippen MR) is 76.4 cm³/mol. The topological polar surface area (TPSA) is 15.3 Å². The van der Waals surface area contributed by atoms with Crippen molar-refractivity contribution in [2.45, 2.75) is 70.9 Å². The second-order valence-electron chi connectivity index (χ2n) is 6.21. The Bertz CT molecular complexity index is 211. The summed E-state index contributed by atoms with van der Waals surface area (Å²) in [6, 6.07) is 0.698. The number of hydrogen-bond donors (Lipinski definition) is 1. The highest BCUT2D eigenvalue weighted by atomic mass is 15.2. The van der Waals surface area contributed by atoms with Crippen molar-refractivity contribution < 1.29 is 0 Å². The van der Waals surface area contributed by atoms with E-state index in [9.17, 15) is 0 Å². The second-order valence-corrected chi connectivity index (χ2v) is 6.21. The first-order valence-corrected chi connectivity index (χ1v) is 7.45. The van der Waals surface area contributed by atoms with Crippen molar-refractivity contribution in [2.24, 2.45) is 5.92 Å². The van der Waals surface area contributed by atoms with Crippen LogP contribution in [0.25, 0.3) is 0 Å². The SMILES string of the molecule is CCC(CC)NCC1(N(C)C)CCCC(C)C1. The maximum absolute atomic E-state index is 3.79. The normalized spacial score (nSPS) is 30.2. The molecule has 0 bridgehead atoms. The molecule has 0 aromatic carbocycles. The molecule has 0 aromatic rings. The molecule has 0 radical (unpaired) electrons. The maximum atomic E-state index is 3.79. The largest absolute Gasteiger partial charge is 0.312 e. The summed E-state index contributed by atoms with van der Waals surface area (Å²) in [5.74, 6) is 0.884. The molecule has 0 amide bonds. The summed E-state index contributed by atoms with van der Waals surface area (Å²) >= 11 is 0. The van der Waals surface area contributed by atoms with Crippen LogP contribution in [0.2, 0.25) is 0 Å². The van der Waals surface area contributed by atoms with Crippen LogP contribution in [0.4, 0.5) is 0 Å². The molecule has 1 N–H and O–H groups in total. The monoisotopic (exact) mass is 240 g/mol. The Balaban J connectivity index is 2.58. The first-order chi connectivity index (χ1) is 8.04. The van der Waals surface area contributed by atoms with Crippen LogP contribution in [0, 0.1) is 5.92 Å². The van der Waals surface area contributed by atoms with E-state index in [1.54, 1.807) is 0 Å². The van der Waals surface area contributed by atoms with Crippen LogP contribution in [0.15, 0.2) is 0 Å². The summed E-state index contributed by atoms with van der Waals surface area (Å²) in [4.78, 5) is 2.47. The third-order valence-electron chi connectivity index (χ3n) is 4.72. The average molecular weight is 240 g/mol. The molecular formula is C15H32N2. The van der Waals surface area contributed by atoms with Crippen molar-refractivity contribution in [3.8, 4) is 0 Å². The fourth-order valence-electron chi connectivity index (χ4n) is 3.27. The van der Waals surface area contributed by atoms with Crippen LogP contribution in [-0.4, -0.2) is 37.1 Å². The van der Waals surface area contributed by atoms with Gasteiger partial charge in [-0.25, -0.2) is 0 Å². The molecule has 2 nitrogen and oxygen atoms in total. The van der Waals surface area contributed by atoms with Gasteiger partial charge in [-0.3, -0.25) is 0 Å². The highest BCUT2D eigenvalue weighted by Crippen LogP contribution is 2.35.